The molecule has 1 saturated heterocycles. The van der Waals surface area contributed by atoms with E-state index in [9.17, 15) is 4.79 Å². The van der Waals surface area contributed by atoms with Crippen molar-refractivity contribution in [2.24, 2.45) is 0 Å². The number of amides is 1. The number of para-hydroxylation sites is 1. The van der Waals surface area contributed by atoms with Gasteiger partial charge in [-0.25, -0.2) is 4.98 Å². The summed E-state index contributed by atoms with van der Waals surface area (Å²) in [5.74, 6) is 2.23. The van der Waals surface area contributed by atoms with Gasteiger partial charge in [0.05, 0.1) is 0 Å². The quantitative estimate of drug-likeness (QED) is 0.880. The van der Waals surface area contributed by atoms with E-state index in [4.69, 9.17) is 9.47 Å². The molecule has 0 radical (unpaired) electrons. The Bertz CT molecular complexity index is 823. The van der Waals surface area contributed by atoms with E-state index >= 15 is 0 Å². The van der Waals surface area contributed by atoms with Gasteiger partial charge in [-0.3, -0.25) is 4.79 Å². The average Bonchev–Trinajstić information content (AvgIpc) is 3.23. The van der Waals surface area contributed by atoms with Gasteiger partial charge >= 0.3 is 0 Å². The number of rotatable bonds is 5. The fourth-order valence-corrected chi connectivity index (χ4v) is 3.74. The number of nitrogens with zero attached hydrogens (tertiary/aromatic N) is 2. The Hall–Kier alpha value is -2.76. The molecule has 4 rings (SSSR count). The number of aromatic nitrogens is 1. The number of carbonyl (C=O) groups excluding carboxylic acids is 1. The summed E-state index contributed by atoms with van der Waals surface area (Å²) in [6.45, 7) is 5.74. The number of hydrogen-bond donors (Lipinski definition) is 1. The first-order chi connectivity index (χ1) is 13.0. The molecule has 1 fully saturated rings. The molecule has 1 amide bonds. The number of ether oxygens (including phenoxy) is 2. The second-order valence-corrected chi connectivity index (χ2v) is 7.76. The zero-order chi connectivity index (χ0) is 18.9. The molecule has 0 aliphatic carbocycles. The topological polar surface area (TPSA) is 63.7 Å². The molecule has 2 aliphatic rings. The van der Waals surface area contributed by atoms with Gasteiger partial charge in [0.15, 0.2) is 18.1 Å². The minimum Gasteiger partial charge on any atom is -0.483 e. The van der Waals surface area contributed by atoms with Crippen molar-refractivity contribution in [1.29, 1.82) is 0 Å². The summed E-state index contributed by atoms with van der Waals surface area (Å²) in [6, 6.07) is 11.8. The highest BCUT2D eigenvalue weighted by atomic mass is 16.5. The van der Waals surface area contributed by atoms with Crippen molar-refractivity contribution in [1.82, 2.24) is 10.3 Å². The van der Waals surface area contributed by atoms with Crippen molar-refractivity contribution in [2.75, 3.05) is 24.6 Å². The predicted molar refractivity (Wildman–Crippen MR) is 103 cm³/mol. The molecule has 2 aromatic rings. The maximum atomic E-state index is 12.3. The molecular formula is C21H25N3O3. The maximum Gasteiger partial charge on any atom is 0.258 e. The standard InChI is InChI=1S/C21H25N3O3/c1-21(2)12-15-6-5-7-17(20(15)27-21)26-14-19(25)23-16-9-11-24(13-16)18-8-3-4-10-22-18/h3-8,10,16H,9,11-14H2,1-2H3,(H,23,25)/t16-/m1/s1. The highest BCUT2D eigenvalue weighted by Crippen LogP contribution is 2.41. The summed E-state index contributed by atoms with van der Waals surface area (Å²) in [7, 11) is 0. The van der Waals surface area contributed by atoms with Gasteiger partial charge in [0.25, 0.3) is 5.91 Å². The van der Waals surface area contributed by atoms with Gasteiger partial charge in [0.1, 0.15) is 11.4 Å². The van der Waals surface area contributed by atoms with E-state index in [0.29, 0.717) is 5.75 Å². The van der Waals surface area contributed by atoms with Crippen LogP contribution in [0.15, 0.2) is 42.6 Å². The van der Waals surface area contributed by atoms with Crippen molar-refractivity contribution >= 4 is 11.7 Å². The Morgan fingerprint density at radius 1 is 1.33 bits per heavy atom. The number of hydrogen-bond acceptors (Lipinski definition) is 5. The Kier molecular flexibility index (Phi) is 4.64. The lowest BCUT2D eigenvalue weighted by Crippen LogP contribution is -2.39. The minimum absolute atomic E-state index is 0.0136. The molecule has 0 unspecified atom stereocenters. The zero-order valence-electron chi connectivity index (χ0n) is 15.8. The normalized spacial score (nSPS) is 20.1. The van der Waals surface area contributed by atoms with Gasteiger partial charge in [-0.2, -0.15) is 0 Å². The van der Waals surface area contributed by atoms with Crippen LogP contribution in [0.3, 0.4) is 0 Å². The van der Waals surface area contributed by atoms with E-state index < -0.39 is 0 Å². The molecule has 27 heavy (non-hydrogen) atoms. The Morgan fingerprint density at radius 2 is 2.22 bits per heavy atom. The fourth-order valence-electron chi connectivity index (χ4n) is 3.74. The third kappa shape index (κ3) is 3.99. The van der Waals surface area contributed by atoms with Crippen LogP contribution >= 0.6 is 0 Å². The first-order valence-electron chi connectivity index (χ1n) is 9.39. The third-order valence-corrected chi connectivity index (χ3v) is 4.94. The van der Waals surface area contributed by atoms with Crippen molar-refractivity contribution < 1.29 is 14.3 Å². The molecule has 2 aliphatic heterocycles. The molecule has 1 aromatic heterocycles. The number of anilines is 1. The molecule has 6 nitrogen and oxygen atoms in total. The van der Waals surface area contributed by atoms with Gasteiger partial charge in [0, 0.05) is 37.3 Å². The first kappa shape index (κ1) is 17.6. The molecule has 0 bridgehead atoms. The van der Waals surface area contributed by atoms with Gasteiger partial charge in [-0.05, 0) is 38.5 Å². The average molecular weight is 367 g/mol. The molecule has 0 spiro atoms. The number of benzene rings is 1. The SMILES string of the molecule is CC1(C)Cc2cccc(OCC(=O)N[C@@H]3CCN(c4ccccn4)C3)c2O1. The van der Waals surface area contributed by atoms with Gasteiger partial charge in [-0.1, -0.05) is 18.2 Å². The largest absolute Gasteiger partial charge is 0.483 e. The lowest BCUT2D eigenvalue weighted by Gasteiger charge is -2.19. The summed E-state index contributed by atoms with van der Waals surface area (Å²) in [5, 5.41) is 3.06. The van der Waals surface area contributed by atoms with E-state index in [1.807, 2.05) is 36.4 Å². The van der Waals surface area contributed by atoms with Crippen molar-refractivity contribution in [3.8, 4) is 11.5 Å². The first-order valence-corrected chi connectivity index (χ1v) is 9.39. The molecule has 1 aromatic carbocycles. The second-order valence-electron chi connectivity index (χ2n) is 7.76. The summed E-state index contributed by atoms with van der Waals surface area (Å²) >= 11 is 0. The smallest absolute Gasteiger partial charge is 0.258 e. The minimum atomic E-state index is -0.233. The zero-order valence-corrected chi connectivity index (χ0v) is 15.8. The Balaban J connectivity index is 1.30. The monoisotopic (exact) mass is 367 g/mol. The summed E-state index contributed by atoms with van der Waals surface area (Å²) in [5.41, 5.74) is 0.891. The highest BCUT2D eigenvalue weighted by molar-refractivity contribution is 5.78. The van der Waals surface area contributed by atoms with Crippen LogP contribution in [0.1, 0.15) is 25.8 Å². The van der Waals surface area contributed by atoms with Crippen LogP contribution in [-0.4, -0.2) is 42.2 Å². The lowest BCUT2D eigenvalue weighted by molar-refractivity contribution is -0.123. The number of fused-ring (bicyclic) bond motifs is 1. The fraction of sp³-hybridized carbons (Fsp3) is 0.429. The van der Waals surface area contributed by atoms with E-state index in [-0.39, 0.29) is 24.2 Å². The third-order valence-electron chi connectivity index (χ3n) is 4.94. The molecule has 1 atom stereocenters. The predicted octanol–water partition coefficient (Wildman–Crippen LogP) is 2.57. The summed E-state index contributed by atoms with van der Waals surface area (Å²) in [4.78, 5) is 18.9. The maximum absolute atomic E-state index is 12.3. The van der Waals surface area contributed by atoms with Crippen LogP contribution in [-0.2, 0) is 11.2 Å². The van der Waals surface area contributed by atoms with Crippen LogP contribution in [0.25, 0.3) is 0 Å². The summed E-state index contributed by atoms with van der Waals surface area (Å²) < 4.78 is 11.7. The number of pyridine rings is 1. The molecule has 6 heteroatoms. The van der Waals surface area contributed by atoms with Crippen LogP contribution in [0.5, 0.6) is 11.5 Å². The van der Waals surface area contributed by atoms with E-state index in [1.54, 1.807) is 6.20 Å². The Morgan fingerprint density at radius 3 is 3.04 bits per heavy atom. The van der Waals surface area contributed by atoms with Gasteiger partial charge < -0.3 is 19.7 Å². The Labute approximate surface area is 159 Å². The highest BCUT2D eigenvalue weighted by Gasteiger charge is 2.32. The van der Waals surface area contributed by atoms with Crippen molar-refractivity contribution in [3.63, 3.8) is 0 Å². The van der Waals surface area contributed by atoms with Crippen molar-refractivity contribution in [3.05, 3.63) is 48.2 Å². The number of carbonyl (C=O) groups is 1. The molecule has 1 N–H and O–H groups in total. The summed E-state index contributed by atoms with van der Waals surface area (Å²) in [6.07, 6.45) is 3.54. The second kappa shape index (κ2) is 7.10. The van der Waals surface area contributed by atoms with E-state index in [1.165, 1.54) is 0 Å². The van der Waals surface area contributed by atoms with Crippen LogP contribution in [0.2, 0.25) is 0 Å². The molecular weight excluding hydrogens is 342 g/mol. The van der Waals surface area contributed by atoms with Crippen molar-refractivity contribution in [2.45, 2.75) is 38.3 Å². The van der Waals surface area contributed by atoms with Crippen LogP contribution < -0.4 is 19.7 Å². The van der Waals surface area contributed by atoms with E-state index in [0.717, 1.165) is 43.1 Å². The van der Waals surface area contributed by atoms with Crippen LogP contribution in [0, 0.1) is 0 Å². The molecule has 3 heterocycles. The lowest BCUT2D eigenvalue weighted by atomic mass is 10.0. The number of nitrogens with one attached hydrogen (secondary N) is 1. The van der Waals surface area contributed by atoms with E-state index in [2.05, 4.69) is 29.0 Å². The molecule has 142 valence electrons. The molecule has 0 saturated carbocycles. The van der Waals surface area contributed by atoms with Gasteiger partial charge in [0.2, 0.25) is 0 Å². The van der Waals surface area contributed by atoms with Crippen LogP contribution in [0.4, 0.5) is 5.82 Å². The van der Waals surface area contributed by atoms with Gasteiger partial charge in [-0.15, -0.1) is 0 Å².